The molecule has 1 aromatic rings. The minimum absolute atomic E-state index is 0.238. The molecule has 2 atom stereocenters. The summed E-state index contributed by atoms with van der Waals surface area (Å²) in [7, 11) is 0. The minimum Gasteiger partial charge on any atom is -0.378 e. The Morgan fingerprint density at radius 3 is 2.61 bits per heavy atom. The Labute approximate surface area is 111 Å². The van der Waals surface area contributed by atoms with Gasteiger partial charge in [-0.3, -0.25) is 0 Å². The summed E-state index contributed by atoms with van der Waals surface area (Å²) < 4.78 is 5.67. The third-order valence-electron chi connectivity index (χ3n) is 4.03. The molecule has 0 radical (unpaired) electrons. The van der Waals surface area contributed by atoms with Gasteiger partial charge in [0, 0.05) is 12.1 Å². The first-order valence-electron chi connectivity index (χ1n) is 7.12. The van der Waals surface area contributed by atoms with Crippen LogP contribution in [0.5, 0.6) is 0 Å². The number of rotatable bonds is 5. The zero-order valence-electron chi connectivity index (χ0n) is 11.6. The monoisotopic (exact) mass is 247 g/mol. The van der Waals surface area contributed by atoms with Crippen molar-refractivity contribution >= 4 is 0 Å². The summed E-state index contributed by atoms with van der Waals surface area (Å²) in [5, 5.41) is 0. The first kappa shape index (κ1) is 13.6. The Morgan fingerprint density at radius 1 is 1.33 bits per heavy atom. The van der Waals surface area contributed by atoms with Gasteiger partial charge in [-0.15, -0.1) is 0 Å². The lowest BCUT2D eigenvalue weighted by Crippen LogP contribution is -2.34. The van der Waals surface area contributed by atoms with Crippen LogP contribution < -0.4 is 5.73 Å². The van der Waals surface area contributed by atoms with Crippen molar-refractivity contribution in [2.24, 2.45) is 5.73 Å². The molecule has 100 valence electrons. The Kier molecular flexibility index (Phi) is 4.41. The Morgan fingerprint density at radius 2 is 2.06 bits per heavy atom. The molecule has 1 aliphatic heterocycles. The third-order valence-corrected chi connectivity index (χ3v) is 4.03. The molecule has 2 nitrogen and oxygen atoms in total. The maximum absolute atomic E-state index is 6.45. The number of ether oxygens (including phenoxy) is 1. The lowest BCUT2D eigenvalue weighted by atomic mass is 9.86. The van der Waals surface area contributed by atoms with Crippen LogP contribution >= 0.6 is 0 Å². The Bertz CT molecular complexity index is 363. The van der Waals surface area contributed by atoms with Crippen LogP contribution in [0.15, 0.2) is 24.3 Å². The van der Waals surface area contributed by atoms with Crippen LogP contribution in [0.2, 0.25) is 0 Å². The van der Waals surface area contributed by atoms with E-state index in [1.807, 2.05) is 0 Å². The fourth-order valence-electron chi connectivity index (χ4n) is 2.60. The fourth-order valence-corrected chi connectivity index (χ4v) is 2.60. The molecule has 1 heterocycles. The van der Waals surface area contributed by atoms with E-state index in [-0.39, 0.29) is 5.54 Å². The topological polar surface area (TPSA) is 35.2 Å². The highest BCUT2D eigenvalue weighted by molar-refractivity contribution is 5.27. The molecule has 0 amide bonds. The molecule has 0 aromatic heterocycles. The van der Waals surface area contributed by atoms with E-state index >= 15 is 0 Å². The Hall–Kier alpha value is -0.860. The first-order chi connectivity index (χ1) is 8.62. The smallest absolute Gasteiger partial charge is 0.0576 e. The predicted octanol–water partition coefficient (Wildman–Crippen LogP) is 3.38. The van der Waals surface area contributed by atoms with Gasteiger partial charge in [0.05, 0.1) is 6.10 Å². The van der Waals surface area contributed by atoms with Crippen LogP contribution in [-0.2, 0) is 16.7 Å². The van der Waals surface area contributed by atoms with Crippen molar-refractivity contribution in [3.05, 3.63) is 35.4 Å². The predicted molar refractivity (Wildman–Crippen MR) is 75.6 cm³/mol. The molecule has 1 saturated heterocycles. The van der Waals surface area contributed by atoms with Gasteiger partial charge in [-0.25, -0.2) is 0 Å². The first-order valence-corrected chi connectivity index (χ1v) is 7.12. The van der Waals surface area contributed by atoms with Crippen molar-refractivity contribution in [2.75, 3.05) is 6.61 Å². The molecule has 1 aromatic carbocycles. The summed E-state index contributed by atoms with van der Waals surface area (Å²) in [6.07, 6.45) is 5.98. The summed E-state index contributed by atoms with van der Waals surface area (Å²) in [5.41, 5.74) is 8.82. The average molecular weight is 247 g/mol. The van der Waals surface area contributed by atoms with Crippen LogP contribution in [-0.4, -0.2) is 12.7 Å². The zero-order chi connectivity index (χ0) is 13.0. The van der Waals surface area contributed by atoms with E-state index in [2.05, 4.69) is 38.1 Å². The summed E-state index contributed by atoms with van der Waals surface area (Å²) in [6.45, 7) is 5.23. The molecule has 0 saturated carbocycles. The van der Waals surface area contributed by atoms with E-state index in [1.54, 1.807) is 0 Å². The number of benzene rings is 1. The highest BCUT2D eigenvalue weighted by atomic mass is 16.5. The van der Waals surface area contributed by atoms with Crippen molar-refractivity contribution < 1.29 is 4.74 Å². The van der Waals surface area contributed by atoms with E-state index in [4.69, 9.17) is 10.5 Å². The maximum atomic E-state index is 6.45. The lowest BCUT2D eigenvalue weighted by molar-refractivity contribution is 0.0967. The molecule has 2 unspecified atom stereocenters. The summed E-state index contributed by atoms with van der Waals surface area (Å²) >= 11 is 0. The van der Waals surface area contributed by atoms with E-state index in [0.29, 0.717) is 6.10 Å². The molecule has 0 spiro atoms. The second-order valence-corrected chi connectivity index (χ2v) is 5.64. The van der Waals surface area contributed by atoms with Crippen molar-refractivity contribution in [3.8, 4) is 0 Å². The maximum Gasteiger partial charge on any atom is 0.0576 e. The minimum atomic E-state index is -0.238. The van der Waals surface area contributed by atoms with Crippen LogP contribution in [0.1, 0.15) is 50.7 Å². The number of hydrogen-bond acceptors (Lipinski definition) is 2. The zero-order valence-corrected chi connectivity index (χ0v) is 11.6. The molecule has 1 fully saturated rings. The highest BCUT2D eigenvalue weighted by Crippen LogP contribution is 2.27. The SMILES string of the molecule is CCc1ccc(C(C)(N)CCC2CCCO2)cc1. The van der Waals surface area contributed by atoms with E-state index in [0.717, 1.165) is 25.9 Å². The van der Waals surface area contributed by atoms with Crippen molar-refractivity contribution in [3.63, 3.8) is 0 Å². The average Bonchev–Trinajstić information content (AvgIpc) is 2.90. The van der Waals surface area contributed by atoms with Gasteiger partial charge in [-0.05, 0) is 50.2 Å². The van der Waals surface area contributed by atoms with Gasteiger partial charge in [-0.2, -0.15) is 0 Å². The van der Waals surface area contributed by atoms with Crippen molar-refractivity contribution in [1.29, 1.82) is 0 Å². The molecule has 2 rings (SSSR count). The standard InChI is InChI=1S/C16H25NO/c1-3-13-6-8-14(9-7-13)16(2,17)11-10-15-5-4-12-18-15/h6-9,15H,3-5,10-12,17H2,1-2H3. The van der Waals surface area contributed by atoms with E-state index in [1.165, 1.54) is 24.0 Å². The molecule has 2 heteroatoms. The van der Waals surface area contributed by atoms with E-state index < -0.39 is 0 Å². The molecule has 2 N–H and O–H groups in total. The summed E-state index contributed by atoms with van der Waals surface area (Å²) in [6, 6.07) is 8.72. The van der Waals surface area contributed by atoms with Gasteiger partial charge in [0.2, 0.25) is 0 Å². The van der Waals surface area contributed by atoms with Gasteiger partial charge in [0.25, 0.3) is 0 Å². The lowest BCUT2D eigenvalue weighted by Gasteiger charge is -2.26. The van der Waals surface area contributed by atoms with Crippen LogP contribution in [0.25, 0.3) is 0 Å². The molecular formula is C16H25NO. The molecule has 1 aliphatic rings. The molecular weight excluding hydrogens is 222 g/mol. The normalized spacial score (nSPS) is 22.9. The highest BCUT2D eigenvalue weighted by Gasteiger charge is 2.24. The van der Waals surface area contributed by atoms with Crippen molar-refractivity contribution in [1.82, 2.24) is 0 Å². The Balaban J connectivity index is 1.95. The number of hydrogen-bond donors (Lipinski definition) is 1. The molecule has 0 aliphatic carbocycles. The summed E-state index contributed by atoms with van der Waals surface area (Å²) in [5.74, 6) is 0. The molecule has 18 heavy (non-hydrogen) atoms. The van der Waals surface area contributed by atoms with Crippen molar-refractivity contribution in [2.45, 2.75) is 57.6 Å². The van der Waals surface area contributed by atoms with Crippen LogP contribution in [0, 0.1) is 0 Å². The van der Waals surface area contributed by atoms with Gasteiger partial charge in [-0.1, -0.05) is 31.2 Å². The number of aryl methyl sites for hydroxylation is 1. The number of nitrogens with two attached hydrogens (primary N) is 1. The van der Waals surface area contributed by atoms with Gasteiger partial charge >= 0.3 is 0 Å². The van der Waals surface area contributed by atoms with Crippen LogP contribution in [0.4, 0.5) is 0 Å². The largest absolute Gasteiger partial charge is 0.378 e. The fraction of sp³-hybridized carbons (Fsp3) is 0.625. The van der Waals surface area contributed by atoms with E-state index in [9.17, 15) is 0 Å². The summed E-state index contributed by atoms with van der Waals surface area (Å²) in [4.78, 5) is 0. The third kappa shape index (κ3) is 3.33. The van der Waals surface area contributed by atoms with Gasteiger partial charge < -0.3 is 10.5 Å². The molecule has 0 bridgehead atoms. The second kappa shape index (κ2) is 5.85. The van der Waals surface area contributed by atoms with Crippen LogP contribution in [0.3, 0.4) is 0 Å². The second-order valence-electron chi connectivity index (χ2n) is 5.64. The quantitative estimate of drug-likeness (QED) is 0.865. The van der Waals surface area contributed by atoms with Gasteiger partial charge in [0.15, 0.2) is 0 Å². The van der Waals surface area contributed by atoms with Gasteiger partial charge in [0.1, 0.15) is 0 Å².